The van der Waals surface area contributed by atoms with Crippen LogP contribution >= 0.6 is 0 Å². The molecule has 2 aromatic rings. The van der Waals surface area contributed by atoms with Gasteiger partial charge >= 0.3 is 0 Å². The largest absolute Gasteiger partial charge is 0.495 e. The summed E-state index contributed by atoms with van der Waals surface area (Å²) < 4.78 is 32.5. The summed E-state index contributed by atoms with van der Waals surface area (Å²) in [5, 5.41) is 14.4. The summed E-state index contributed by atoms with van der Waals surface area (Å²) in [5.74, 6) is 0.507. The Hall–Kier alpha value is -2.65. The van der Waals surface area contributed by atoms with E-state index in [9.17, 15) is 18.5 Å². The molecule has 26 heavy (non-hydrogen) atoms. The van der Waals surface area contributed by atoms with E-state index in [0.29, 0.717) is 11.4 Å². The monoisotopic (exact) mass is 379 g/mol. The van der Waals surface area contributed by atoms with Gasteiger partial charge in [-0.2, -0.15) is 0 Å². The Morgan fingerprint density at radius 3 is 2.31 bits per heavy atom. The van der Waals surface area contributed by atoms with Crippen LogP contribution in [-0.4, -0.2) is 26.0 Å². The molecule has 0 aromatic heterocycles. The molecule has 0 unspecified atom stereocenters. The maximum atomic E-state index is 12.4. The Balaban J connectivity index is 2.46. The minimum atomic E-state index is -3.88. The molecule has 0 aliphatic rings. The van der Waals surface area contributed by atoms with Crippen LogP contribution in [0, 0.1) is 10.1 Å². The van der Waals surface area contributed by atoms with E-state index in [2.05, 4.69) is 10.0 Å². The number of rotatable bonds is 6. The number of nitro benzene ring substituents is 1. The van der Waals surface area contributed by atoms with Crippen molar-refractivity contribution in [3.8, 4) is 5.75 Å². The van der Waals surface area contributed by atoms with Crippen molar-refractivity contribution in [3.05, 3.63) is 52.6 Å². The quantitative estimate of drug-likeness (QED) is 0.588. The van der Waals surface area contributed by atoms with Crippen molar-refractivity contribution in [2.75, 3.05) is 12.4 Å². The van der Waals surface area contributed by atoms with E-state index in [4.69, 9.17) is 4.74 Å². The first-order valence-electron chi connectivity index (χ1n) is 7.76. The predicted molar refractivity (Wildman–Crippen MR) is 99.4 cm³/mol. The molecule has 0 saturated carbocycles. The SMILES string of the molecule is COc1ccccc1Nc1ccc(S(=O)(=O)NC(C)(C)C)cc1[N+](=O)[O-]. The summed E-state index contributed by atoms with van der Waals surface area (Å²) in [5.41, 5.74) is -0.370. The van der Waals surface area contributed by atoms with E-state index < -0.39 is 20.5 Å². The summed E-state index contributed by atoms with van der Waals surface area (Å²) in [6.45, 7) is 5.07. The Bertz CT molecular complexity index is 920. The standard InChI is InChI=1S/C17H21N3O5S/c1-17(2,3)19-26(23,24)12-9-10-13(15(11-12)20(21)22)18-14-7-5-6-8-16(14)25-4/h5-11,18-19H,1-4H3. The van der Waals surface area contributed by atoms with Crippen LogP contribution in [0.1, 0.15) is 20.8 Å². The number of anilines is 2. The van der Waals surface area contributed by atoms with Gasteiger partial charge in [0.05, 0.1) is 22.6 Å². The van der Waals surface area contributed by atoms with Crippen LogP contribution < -0.4 is 14.8 Å². The highest BCUT2D eigenvalue weighted by atomic mass is 32.2. The van der Waals surface area contributed by atoms with E-state index in [1.807, 2.05) is 0 Å². The Labute approximate surface area is 152 Å². The number of para-hydroxylation sites is 2. The first kappa shape index (κ1) is 19.7. The predicted octanol–water partition coefficient (Wildman–Crippen LogP) is 3.42. The lowest BCUT2D eigenvalue weighted by Crippen LogP contribution is -2.40. The van der Waals surface area contributed by atoms with Crippen molar-refractivity contribution >= 4 is 27.1 Å². The minimum Gasteiger partial charge on any atom is -0.495 e. The molecule has 0 aliphatic carbocycles. The van der Waals surface area contributed by atoms with Crippen LogP contribution in [0.15, 0.2) is 47.4 Å². The molecule has 0 amide bonds. The van der Waals surface area contributed by atoms with Crippen LogP contribution in [0.3, 0.4) is 0 Å². The van der Waals surface area contributed by atoms with Crippen molar-refractivity contribution in [3.63, 3.8) is 0 Å². The van der Waals surface area contributed by atoms with Crippen LogP contribution in [0.25, 0.3) is 0 Å². The summed E-state index contributed by atoms with van der Waals surface area (Å²) in [6, 6.07) is 10.6. The van der Waals surface area contributed by atoms with E-state index in [1.165, 1.54) is 19.2 Å². The highest BCUT2D eigenvalue weighted by Crippen LogP contribution is 2.33. The molecule has 2 N–H and O–H groups in total. The number of nitro groups is 1. The highest BCUT2D eigenvalue weighted by Gasteiger charge is 2.25. The summed E-state index contributed by atoms with van der Waals surface area (Å²) in [6.07, 6.45) is 0. The average Bonchev–Trinajstić information content (AvgIpc) is 2.53. The summed E-state index contributed by atoms with van der Waals surface area (Å²) in [4.78, 5) is 10.6. The second-order valence-electron chi connectivity index (χ2n) is 6.62. The van der Waals surface area contributed by atoms with Gasteiger partial charge in [0.2, 0.25) is 10.0 Å². The first-order valence-corrected chi connectivity index (χ1v) is 9.24. The van der Waals surface area contributed by atoms with Gasteiger partial charge in [0.15, 0.2) is 0 Å². The number of benzene rings is 2. The smallest absolute Gasteiger partial charge is 0.294 e. The number of sulfonamides is 1. The van der Waals surface area contributed by atoms with Gasteiger partial charge in [-0.15, -0.1) is 0 Å². The molecule has 140 valence electrons. The van der Waals surface area contributed by atoms with Gasteiger partial charge in [-0.3, -0.25) is 10.1 Å². The van der Waals surface area contributed by atoms with Crippen molar-refractivity contribution in [2.45, 2.75) is 31.2 Å². The fraction of sp³-hybridized carbons (Fsp3) is 0.294. The van der Waals surface area contributed by atoms with Crippen molar-refractivity contribution in [1.29, 1.82) is 0 Å². The second kappa shape index (κ2) is 7.30. The van der Waals surface area contributed by atoms with E-state index >= 15 is 0 Å². The maximum absolute atomic E-state index is 12.4. The summed E-state index contributed by atoms with van der Waals surface area (Å²) in [7, 11) is -2.39. The molecule has 9 heteroatoms. The number of hydrogen-bond acceptors (Lipinski definition) is 6. The molecule has 8 nitrogen and oxygen atoms in total. The Morgan fingerprint density at radius 2 is 1.73 bits per heavy atom. The fourth-order valence-electron chi connectivity index (χ4n) is 2.29. The molecule has 0 bridgehead atoms. The third-order valence-electron chi connectivity index (χ3n) is 3.29. The van der Waals surface area contributed by atoms with E-state index in [1.54, 1.807) is 45.0 Å². The zero-order chi connectivity index (χ0) is 19.5. The van der Waals surface area contributed by atoms with Gasteiger partial charge < -0.3 is 10.1 Å². The lowest BCUT2D eigenvalue weighted by molar-refractivity contribution is -0.384. The van der Waals surface area contributed by atoms with Crippen LogP contribution in [0.2, 0.25) is 0 Å². The molecule has 0 saturated heterocycles. The molecule has 2 rings (SSSR count). The van der Waals surface area contributed by atoms with Crippen molar-refractivity contribution < 1.29 is 18.1 Å². The lowest BCUT2D eigenvalue weighted by Gasteiger charge is -2.20. The normalized spacial score (nSPS) is 11.8. The number of ether oxygens (including phenoxy) is 1. The number of nitrogens with zero attached hydrogens (tertiary/aromatic N) is 1. The van der Waals surface area contributed by atoms with E-state index in [-0.39, 0.29) is 16.3 Å². The van der Waals surface area contributed by atoms with Crippen LogP contribution in [0.5, 0.6) is 5.75 Å². The zero-order valence-corrected chi connectivity index (χ0v) is 15.8. The van der Waals surface area contributed by atoms with Crippen molar-refractivity contribution in [1.82, 2.24) is 4.72 Å². The zero-order valence-electron chi connectivity index (χ0n) is 14.9. The lowest BCUT2D eigenvalue weighted by atomic mass is 10.1. The molecule has 0 fully saturated rings. The molecular formula is C17H21N3O5S. The van der Waals surface area contributed by atoms with E-state index in [0.717, 1.165) is 6.07 Å². The van der Waals surface area contributed by atoms with Crippen LogP contribution in [-0.2, 0) is 10.0 Å². The minimum absolute atomic E-state index is 0.161. The fourth-order valence-corrected chi connectivity index (χ4v) is 3.73. The molecule has 0 spiro atoms. The topological polar surface area (TPSA) is 111 Å². The number of methoxy groups -OCH3 is 1. The third-order valence-corrected chi connectivity index (χ3v) is 5.05. The van der Waals surface area contributed by atoms with Gasteiger partial charge in [0.25, 0.3) is 5.69 Å². The average molecular weight is 379 g/mol. The van der Waals surface area contributed by atoms with Gasteiger partial charge in [-0.25, -0.2) is 13.1 Å². The van der Waals surface area contributed by atoms with Crippen molar-refractivity contribution in [2.24, 2.45) is 0 Å². The Kier molecular flexibility index (Phi) is 5.53. The third kappa shape index (κ3) is 4.70. The highest BCUT2D eigenvalue weighted by molar-refractivity contribution is 7.89. The molecule has 0 aliphatic heterocycles. The molecule has 0 heterocycles. The number of nitrogens with one attached hydrogen (secondary N) is 2. The van der Waals surface area contributed by atoms with Gasteiger partial charge in [0, 0.05) is 11.6 Å². The molecular weight excluding hydrogens is 358 g/mol. The molecule has 0 radical (unpaired) electrons. The second-order valence-corrected chi connectivity index (χ2v) is 8.30. The maximum Gasteiger partial charge on any atom is 0.294 e. The van der Waals surface area contributed by atoms with Gasteiger partial charge in [-0.1, -0.05) is 12.1 Å². The Morgan fingerprint density at radius 1 is 1.08 bits per heavy atom. The van der Waals surface area contributed by atoms with Gasteiger partial charge in [0.1, 0.15) is 11.4 Å². The van der Waals surface area contributed by atoms with Crippen LogP contribution in [0.4, 0.5) is 17.1 Å². The number of hydrogen-bond donors (Lipinski definition) is 2. The van der Waals surface area contributed by atoms with Gasteiger partial charge in [-0.05, 0) is 45.0 Å². The molecule has 0 atom stereocenters. The summed E-state index contributed by atoms with van der Waals surface area (Å²) >= 11 is 0. The molecule has 2 aromatic carbocycles. The first-order chi connectivity index (χ1) is 12.0.